The number of hydrogen-bond donors (Lipinski definition) is 2. The van der Waals surface area contributed by atoms with Gasteiger partial charge in [0.2, 0.25) is 0 Å². The molecule has 0 unspecified atom stereocenters. The van der Waals surface area contributed by atoms with E-state index < -0.39 is 6.36 Å². The lowest BCUT2D eigenvalue weighted by Crippen LogP contribution is -2.24. The Bertz CT molecular complexity index is 443. The molecule has 0 saturated heterocycles. The van der Waals surface area contributed by atoms with E-state index in [9.17, 15) is 13.2 Å². The number of rotatable bonds is 4. The van der Waals surface area contributed by atoms with Crippen LogP contribution in [0.3, 0.4) is 0 Å². The summed E-state index contributed by atoms with van der Waals surface area (Å²) in [6.07, 6.45) is -3.25. The molecule has 98 valence electrons. The third kappa shape index (κ3) is 4.77. The van der Waals surface area contributed by atoms with Gasteiger partial charge in [0.05, 0.1) is 12.2 Å². The topological polar surface area (TPSA) is 59.6 Å². The zero-order chi connectivity index (χ0) is 13.6. The van der Waals surface area contributed by atoms with Crippen molar-refractivity contribution in [3.8, 4) is 5.75 Å². The molecule has 0 heterocycles. The average Bonchev–Trinajstić information content (AvgIpc) is 2.27. The Morgan fingerprint density at radius 3 is 2.72 bits per heavy atom. The number of ether oxygens (including phenoxy) is 1. The normalized spacial score (nSPS) is 12.1. The Balaban J connectivity index is 2.85. The van der Waals surface area contributed by atoms with E-state index in [1.807, 2.05) is 0 Å². The number of nitrogens with zero attached hydrogens (tertiary/aromatic N) is 1. The number of benzene rings is 1. The summed E-state index contributed by atoms with van der Waals surface area (Å²) in [7, 11) is 0. The molecule has 18 heavy (non-hydrogen) atoms. The van der Waals surface area contributed by atoms with Crippen molar-refractivity contribution in [3.05, 3.63) is 36.9 Å². The van der Waals surface area contributed by atoms with Gasteiger partial charge in [0.25, 0.3) is 0 Å². The molecule has 0 spiro atoms. The van der Waals surface area contributed by atoms with E-state index in [4.69, 9.17) is 5.73 Å². The molecule has 0 aliphatic heterocycles. The van der Waals surface area contributed by atoms with E-state index in [2.05, 4.69) is 21.6 Å². The fraction of sp³-hybridized carbons (Fsp3) is 0.182. The smallest absolute Gasteiger partial charge is 0.404 e. The minimum absolute atomic E-state index is 0.0203. The molecule has 0 aliphatic carbocycles. The number of anilines is 1. The van der Waals surface area contributed by atoms with Crippen molar-refractivity contribution in [2.24, 2.45) is 10.7 Å². The summed E-state index contributed by atoms with van der Waals surface area (Å²) in [6.45, 7) is 3.71. The van der Waals surface area contributed by atoms with Crippen molar-refractivity contribution < 1.29 is 17.9 Å². The van der Waals surface area contributed by atoms with E-state index in [-0.39, 0.29) is 23.9 Å². The number of guanidine groups is 1. The Hall–Kier alpha value is -2.18. The van der Waals surface area contributed by atoms with Gasteiger partial charge in [-0.15, -0.1) is 19.8 Å². The maximum Gasteiger partial charge on any atom is 0.573 e. The van der Waals surface area contributed by atoms with Crippen LogP contribution in [0, 0.1) is 0 Å². The second-order valence-electron chi connectivity index (χ2n) is 3.18. The maximum absolute atomic E-state index is 12.1. The third-order valence-electron chi connectivity index (χ3n) is 1.77. The molecular weight excluding hydrogens is 247 g/mol. The first kappa shape index (κ1) is 13.9. The predicted octanol–water partition coefficient (Wildman–Crippen LogP) is 2.50. The number of aliphatic imine (C=N–C) groups is 1. The van der Waals surface area contributed by atoms with Crippen molar-refractivity contribution in [2.45, 2.75) is 6.36 Å². The van der Waals surface area contributed by atoms with E-state index in [0.29, 0.717) is 0 Å². The van der Waals surface area contributed by atoms with Crippen LogP contribution < -0.4 is 15.8 Å². The number of nitrogens with two attached hydrogens (primary N) is 1. The Labute approximate surface area is 102 Å². The molecule has 0 atom stereocenters. The third-order valence-corrected chi connectivity index (χ3v) is 1.77. The summed E-state index contributed by atoms with van der Waals surface area (Å²) in [5, 5.41) is 2.52. The molecule has 1 aromatic carbocycles. The summed E-state index contributed by atoms with van der Waals surface area (Å²) in [5.74, 6) is -0.394. The van der Waals surface area contributed by atoms with Crippen LogP contribution in [0.5, 0.6) is 5.75 Å². The van der Waals surface area contributed by atoms with Crippen molar-refractivity contribution >= 4 is 11.6 Å². The molecule has 0 aromatic heterocycles. The van der Waals surface area contributed by atoms with Gasteiger partial charge >= 0.3 is 6.36 Å². The summed E-state index contributed by atoms with van der Waals surface area (Å²) < 4.78 is 40.3. The zero-order valence-electron chi connectivity index (χ0n) is 9.37. The van der Waals surface area contributed by atoms with E-state index >= 15 is 0 Å². The van der Waals surface area contributed by atoms with E-state index in [0.717, 1.165) is 0 Å². The zero-order valence-corrected chi connectivity index (χ0v) is 9.37. The highest BCUT2D eigenvalue weighted by Gasteiger charge is 2.32. The van der Waals surface area contributed by atoms with Crippen molar-refractivity contribution in [1.29, 1.82) is 0 Å². The van der Waals surface area contributed by atoms with Gasteiger partial charge in [-0.1, -0.05) is 18.2 Å². The molecule has 4 nitrogen and oxygen atoms in total. The van der Waals surface area contributed by atoms with Gasteiger partial charge in [-0.25, -0.2) is 4.99 Å². The van der Waals surface area contributed by atoms with Crippen molar-refractivity contribution in [3.63, 3.8) is 0 Å². The van der Waals surface area contributed by atoms with Crippen LogP contribution in [-0.2, 0) is 0 Å². The summed E-state index contributed by atoms with van der Waals surface area (Å²) in [6, 6.07) is 5.55. The molecule has 0 aliphatic rings. The minimum atomic E-state index is -4.76. The van der Waals surface area contributed by atoms with Gasteiger partial charge in [-0.3, -0.25) is 0 Å². The predicted molar refractivity (Wildman–Crippen MR) is 63.4 cm³/mol. The number of alkyl halides is 3. The van der Waals surface area contributed by atoms with Crippen molar-refractivity contribution in [1.82, 2.24) is 0 Å². The van der Waals surface area contributed by atoms with Crippen LogP contribution >= 0.6 is 0 Å². The highest BCUT2D eigenvalue weighted by atomic mass is 19.4. The highest BCUT2D eigenvalue weighted by Crippen LogP contribution is 2.29. The Kier molecular flexibility index (Phi) is 4.59. The molecule has 0 bridgehead atoms. The average molecular weight is 259 g/mol. The lowest BCUT2D eigenvalue weighted by atomic mass is 10.3. The first-order valence-corrected chi connectivity index (χ1v) is 4.95. The number of para-hydroxylation sites is 2. The maximum atomic E-state index is 12.1. The molecule has 1 rings (SSSR count). The van der Waals surface area contributed by atoms with Crippen LogP contribution in [0.25, 0.3) is 0 Å². The largest absolute Gasteiger partial charge is 0.573 e. The Morgan fingerprint density at radius 1 is 1.44 bits per heavy atom. The van der Waals surface area contributed by atoms with Gasteiger partial charge in [0, 0.05) is 0 Å². The van der Waals surface area contributed by atoms with Gasteiger partial charge in [-0.05, 0) is 12.1 Å². The number of hydrogen-bond acceptors (Lipinski definition) is 2. The molecule has 1 aromatic rings. The monoisotopic (exact) mass is 259 g/mol. The minimum Gasteiger partial charge on any atom is -0.404 e. The van der Waals surface area contributed by atoms with Crippen LogP contribution in [0.4, 0.5) is 18.9 Å². The van der Waals surface area contributed by atoms with E-state index in [1.165, 1.54) is 24.3 Å². The molecular formula is C11H12F3N3O. The van der Waals surface area contributed by atoms with Gasteiger partial charge in [0.15, 0.2) is 11.7 Å². The number of nitrogens with one attached hydrogen (secondary N) is 1. The van der Waals surface area contributed by atoms with Gasteiger partial charge in [-0.2, -0.15) is 0 Å². The molecule has 0 saturated carbocycles. The van der Waals surface area contributed by atoms with Crippen LogP contribution in [0.2, 0.25) is 0 Å². The molecule has 3 N–H and O–H groups in total. The fourth-order valence-corrected chi connectivity index (χ4v) is 1.12. The van der Waals surface area contributed by atoms with E-state index in [1.54, 1.807) is 6.07 Å². The summed E-state index contributed by atoms with van der Waals surface area (Å²) >= 11 is 0. The molecule has 7 heteroatoms. The van der Waals surface area contributed by atoms with Crippen LogP contribution in [-0.4, -0.2) is 18.9 Å². The van der Waals surface area contributed by atoms with Crippen LogP contribution in [0.1, 0.15) is 0 Å². The molecule has 0 fully saturated rings. The van der Waals surface area contributed by atoms with Gasteiger partial charge < -0.3 is 15.8 Å². The Morgan fingerprint density at radius 2 is 2.11 bits per heavy atom. The first-order valence-electron chi connectivity index (χ1n) is 4.95. The first-order chi connectivity index (χ1) is 8.42. The second kappa shape index (κ2) is 5.95. The SMILES string of the molecule is C=CCN=C(N)Nc1ccccc1OC(F)(F)F. The van der Waals surface area contributed by atoms with Crippen LogP contribution in [0.15, 0.2) is 41.9 Å². The molecule has 0 amide bonds. The summed E-state index contributed by atoms with van der Waals surface area (Å²) in [5.41, 5.74) is 5.56. The van der Waals surface area contributed by atoms with Gasteiger partial charge in [0.1, 0.15) is 0 Å². The highest BCUT2D eigenvalue weighted by molar-refractivity contribution is 5.93. The van der Waals surface area contributed by atoms with Crippen molar-refractivity contribution in [2.75, 3.05) is 11.9 Å². The number of halogens is 3. The quantitative estimate of drug-likeness (QED) is 0.496. The fourth-order valence-electron chi connectivity index (χ4n) is 1.12. The standard InChI is InChI=1S/C11H12F3N3O/c1-2-7-16-10(15)17-8-5-3-4-6-9(8)18-11(12,13)14/h2-6H,1,7H2,(H3,15,16,17). The second-order valence-corrected chi connectivity index (χ2v) is 3.18. The molecule has 0 radical (unpaired) electrons. The lowest BCUT2D eigenvalue weighted by molar-refractivity contribution is -0.274. The summed E-state index contributed by atoms with van der Waals surface area (Å²) in [4.78, 5) is 3.80. The lowest BCUT2D eigenvalue weighted by Gasteiger charge is -2.13.